The second kappa shape index (κ2) is 10.8. The molecule has 3 rings (SSSR count). The SMILES string of the molecule is CCn1c(SCC(=O)NN=Cc2cc([N+](=O)[O-])ccc2Cl)nnc1-c1ccc(C(C)(C)C)cc1. The van der Waals surface area contributed by atoms with Gasteiger partial charge in [-0.25, -0.2) is 5.43 Å². The number of nitrogens with one attached hydrogen (secondary N) is 1. The highest BCUT2D eigenvalue weighted by Gasteiger charge is 2.17. The molecule has 1 aromatic heterocycles. The molecule has 0 saturated heterocycles. The Bertz CT molecular complexity index is 1220. The van der Waals surface area contributed by atoms with Gasteiger partial charge in [0.15, 0.2) is 11.0 Å². The number of non-ortho nitro benzene ring substituents is 1. The minimum absolute atomic E-state index is 0.0639. The van der Waals surface area contributed by atoms with E-state index in [1.165, 1.54) is 41.7 Å². The molecule has 0 aliphatic heterocycles. The quantitative estimate of drug-likeness (QED) is 0.200. The second-order valence-corrected chi connectivity index (χ2v) is 9.77. The van der Waals surface area contributed by atoms with Gasteiger partial charge in [-0.05, 0) is 24.0 Å². The molecule has 178 valence electrons. The van der Waals surface area contributed by atoms with Crippen LogP contribution in [-0.2, 0) is 16.8 Å². The topological polar surface area (TPSA) is 115 Å². The molecular formula is C23H25ClN6O3S. The molecule has 11 heteroatoms. The molecule has 0 saturated carbocycles. The first-order valence-electron chi connectivity index (χ1n) is 10.5. The van der Waals surface area contributed by atoms with E-state index in [0.717, 1.165) is 11.4 Å². The average Bonchev–Trinajstić information content (AvgIpc) is 3.21. The van der Waals surface area contributed by atoms with Crippen molar-refractivity contribution in [3.05, 3.63) is 68.7 Å². The Kier molecular flexibility index (Phi) is 8.06. The fraction of sp³-hybridized carbons (Fsp3) is 0.304. The molecule has 1 N–H and O–H groups in total. The third-order valence-electron chi connectivity index (χ3n) is 4.96. The van der Waals surface area contributed by atoms with Crippen LogP contribution in [0, 0.1) is 10.1 Å². The Morgan fingerprint density at radius 3 is 2.56 bits per heavy atom. The van der Waals surface area contributed by atoms with Crippen molar-refractivity contribution in [2.45, 2.75) is 44.8 Å². The zero-order valence-electron chi connectivity index (χ0n) is 19.3. The van der Waals surface area contributed by atoms with E-state index < -0.39 is 4.92 Å². The Hall–Kier alpha value is -3.24. The van der Waals surface area contributed by atoms with Crippen LogP contribution >= 0.6 is 23.4 Å². The molecule has 0 aliphatic rings. The molecular weight excluding hydrogens is 476 g/mol. The van der Waals surface area contributed by atoms with Crippen molar-refractivity contribution in [3.63, 3.8) is 0 Å². The van der Waals surface area contributed by atoms with Crippen LogP contribution in [0.25, 0.3) is 11.4 Å². The Morgan fingerprint density at radius 1 is 1.24 bits per heavy atom. The number of carbonyl (C=O) groups excluding carboxylic acids is 1. The average molecular weight is 501 g/mol. The summed E-state index contributed by atoms with van der Waals surface area (Å²) in [7, 11) is 0. The minimum atomic E-state index is -0.528. The maximum absolute atomic E-state index is 12.2. The predicted octanol–water partition coefficient (Wildman–Crippen LogP) is 5.07. The predicted molar refractivity (Wildman–Crippen MR) is 134 cm³/mol. The van der Waals surface area contributed by atoms with Crippen molar-refractivity contribution in [2.75, 3.05) is 5.75 Å². The number of hydrazone groups is 1. The van der Waals surface area contributed by atoms with E-state index in [9.17, 15) is 14.9 Å². The smallest absolute Gasteiger partial charge is 0.270 e. The van der Waals surface area contributed by atoms with Crippen LogP contribution in [0.15, 0.2) is 52.7 Å². The zero-order valence-corrected chi connectivity index (χ0v) is 20.9. The molecule has 0 spiro atoms. The third-order valence-corrected chi connectivity index (χ3v) is 6.27. The molecule has 0 fully saturated rings. The van der Waals surface area contributed by atoms with Crippen molar-refractivity contribution in [2.24, 2.45) is 5.10 Å². The Labute approximate surface area is 206 Å². The molecule has 3 aromatic rings. The Morgan fingerprint density at radius 2 is 1.94 bits per heavy atom. The molecule has 2 aromatic carbocycles. The van der Waals surface area contributed by atoms with Gasteiger partial charge in [0.1, 0.15) is 0 Å². The molecule has 0 unspecified atom stereocenters. The number of nitro benzene ring substituents is 1. The number of aromatic nitrogens is 3. The minimum Gasteiger partial charge on any atom is -0.302 e. The summed E-state index contributed by atoms with van der Waals surface area (Å²) in [5.74, 6) is 0.454. The lowest BCUT2D eigenvalue weighted by molar-refractivity contribution is -0.384. The number of hydrogen-bond acceptors (Lipinski definition) is 7. The molecule has 0 bridgehead atoms. The standard InChI is InChI=1S/C23H25ClN6O3S/c1-5-29-21(15-6-8-17(9-7-15)23(2,3)4)27-28-22(29)34-14-20(31)26-25-13-16-12-18(30(32)33)10-11-19(16)24/h6-13H,5,14H2,1-4H3,(H,26,31). The Balaban J connectivity index is 1.63. The van der Waals surface area contributed by atoms with Gasteiger partial charge < -0.3 is 4.57 Å². The van der Waals surface area contributed by atoms with E-state index in [4.69, 9.17) is 11.6 Å². The highest BCUT2D eigenvalue weighted by molar-refractivity contribution is 7.99. The van der Waals surface area contributed by atoms with Gasteiger partial charge in [-0.2, -0.15) is 5.10 Å². The van der Waals surface area contributed by atoms with Crippen molar-refractivity contribution in [3.8, 4) is 11.4 Å². The van der Waals surface area contributed by atoms with E-state index in [-0.39, 0.29) is 27.8 Å². The van der Waals surface area contributed by atoms with Crippen molar-refractivity contribution >= 4 is 41.2 Å². The summed E-state index contributed by atoms with van der Waals surface area (Å²) in [4.78, 5) is 22.6. The number of carbonyl (C=O) groups is 1. The summed E-state index contributed by atoms with van der Waals surface area (Å²) in [5.41, 5.74) is 4.87. The van der Waals surface area contributed by atoms with E-state index in [0.29, 0.717) is 17.3 Å². The molecule has 1 amide bonds. The van der Waals surface area contributed by atoms with Crippen molar-refractivity contribution < 1.29 is 9.72 Å². The molecule has 0 aliphatic carbocycles. The highest BCUT2D eigenvalue weighted by atomic mass is 35.5. The molecule has 1 heterocycles. The van der Waals surface area contributed by atoms with E-state index in [1.807, 2.05) is 23.6 Å². The van der Waals surface area contributed by atoms with Gasteiger partial charge in [0.2, 0.25) is 0 Å². The fourth-order valence-electron chi connectivity index (χ4n) is 3.09. The summed E-state index contributed by atoms with van der Waals surface area (Å²) in [6, 6.07) is 12.2. The van der Waals surface area contributed by atoms with Crippen LogP contribution < -0.4 is 5.43 Å². The summed E-state index contributed by atoms with van der Waals surface area (Å²) in [5, 5.41) is 24.2. The van der Waals surface area contributed by atoms with Gasteiger partial charge >= 0.3 is 0 Å². The first-order valence-corrected chi connectivity index (χ1v) is 11.9. The summed E-state index contributed by atoms with van der Waals surface area (Å²) < 4.78 is 1.95. The summed E-state index contributed by atoms with van der Waals surface area (Å²) in [6.45, 7) is 9.14. The number of amides is 1. The maximum Gasteiger partial charge on any atom is 0.270 e. The van der Waals surface area contributed by atoms with Crippen LogP contribution in [0.1, 0.15) is 38.8 Å². The number of nitrogens with zero attached hydrogens (tertiary/aromatic N) is 5. The number of rotatable bonds is 8. The van der Waals surface area contributed by atoms with Gasteiger partial charge in [0.25, 0.3) is 11.6 Å². The van der Waals surface area contributed by atoms with Crippen LogP contribution in [-0.4, -0.2) is 37.6 Å². The van der Waals surface area contributed by atoms with Gasteiger partial charge in [-0.1, -0.05) is 68.4 Å². The molecule has 9 nitrogen and oxygen atoms in total. The largest absolute Gasteiger partial charge is 0.302 e. The zero-order chi connectivity index (χ0) is 24.9. The number of halogens is 1. The monoisotopic (exact) mass is 500 g/mol. The van der Waals surface area contributed by atoms with Gasteiger partial charge in [-0.3, -0.25) is 14.9 Å². The number of benzene rings is 2. The number of thioether (sulfide) groups is 1. The van der Waals surface area contributed by atoms with Gasteiger partial charge in [-0.15, -0.1) is 10.2 Å². The third kappa shape index (κ3) is 6.21. The molecule has 0 radical (unpaired) electrons. The first kappa shape index (κ1) is 25.4. The van der Waals surface area contributed by atoms with Crippen LogP contribution in [0.3, 0.4) is 0 Å². The number of nitro groups is 1. The van der Waals surface area contributed by atoms with Crippen molar-refractivity contribution in [1.29, 1.82) is 0 Å². The maximum atomic E-state index is 12.2. The lowest BCUT2D eigenvalue weighted by atomic mass is 9.87. The molecule has 0 atom stereocenters. The molecule has 34 heavy (non-hydrogen) atoms. The normalized spacial score (nSPS) is 11.7. The fourth-order valence-corrected chi connectivity index (χ4v) is 4.05. The first-order chi connectivity index (χ1) is 16.1. The van der Waals surface area contributed by atoms with Crippen LogP contribution in [0.2, 0.25) is 5.02 Å². The summed E-state index contributed by atoms with van der Waals surface area (Å²) >= 11 is 7.27. The van der Waals surface area contributed by atoms with Crippen LogP contribution in [0.4, 0.5) is 5.69 Å². The van der Waals surface area contributed by atoms with Gasteiger partial charge in [0.05, 0.1) is 16.9 Å². The van der Waals surface area contributed by atoms with E-state index >= 15 is 0 Å². The van der Waals surface area contributed by atoms with Crippen LogP contribution in [0.5, 0.6) is 0 Å². The van der Waals surface area contributed by atoms with Crippen molar-refractivity contribution in [1.82, 2.24) is 20.2 Å². The van der Waals surface area contributed by atoms with E-state index in [1.54, 1.807) is 0 Å². The lowest BCUT2D eigenvalue weighted by Gasteiger charge is -2.19. The summed E-state index contributed by atoms with van der Waals surface area (Å²) in [6.07, 6.45) is 1.27. The second-order valence-electron chi connectivity index (χ2n) is 8.42. The highest BCUT2D eigenvalue weighted by Crippen LogP contribution is 2.27. The van der Waals surface area contributed by atoms with E-state index in [2.05, 4.69) is 53.6 Å². The van der Waals surface area contributed by atoms with Gasteiger partial charge in [0, 0.05) is 34.8 Å². The number of hydrogen-bond donors (Lipinski definition) is 1. The lowest BCUT2D eigenvalue weighted by Crippen LogP contribution is -2.20.